The Labute approximate surface area is 137 Å². The minimum atomic E-state index is -0.0611. The lowest BCUT2D eigenvalue weighted by molar-refractivity contribution is -0.122. The van der Waals surface area contributed by atoms with Gasteiger partial charge in [-0.3, -0.25) is 14.4 Å². The zero-order valence-corrected chi connectivity index (χ0v) is 13.8. The number of carbonyl (C=O) groups is 3. The Hall–Kier alpha value is -2.37. The molecule has 1 aromatic rings. The van der Waals surface area contributed by atoms with Gasteiger partial charge in [0.1, 0.15) is 0 Å². The molecule has 0 aliphatic heterocycles. The molecule has 0 spiro atoms. The highest BCUT2D eigenvalue weighted by atomic mass is 16.2. The van der Waals surface area contributed by atoms with Gasteiger partial charge in [0.2, 0.25) is 17.7 Å². The number of carbonyl (C=O) groups excluding carboxylic acids is 3. The van der Waals surface area contributed by atoms with Gasteiger partial charge in [-0.05, 0) is 24.5 Å². The topological polar surface area (TPSA) is 87.3 Å². The van der Waals surface area contributed by atoms with E-state index in [4.69, 9.17) is 0 Å². The van der Waals surface area contributed by atoms with Crippen LogP contribution < -0.4 is 16.0 Å². The van der Waals surface area contributed by atoms with Crippen LogP contribution in [-0.4, -0.2) is 24.3 Å². The average Bonchev–Trinajstić information content (AvgIpc) is 2.52. The maximum absolute atomic E-state index is 11.7. The van der Waals surface area contributed by atoms with E-state index in [0.717, 1.165) is 11.1 Å². The van der Waals surface area contributed by atoms with Crippen LogP contribution in [0.3, 0.4) is 0 Å². The fraction of sp³-hybridized carbons (Fsp3) is 0.471. The van der Waals surface area contributed by atoms with E-state index >= 15 is 0 Å². The molecule has 0 bridgehead atoms. The van der Waals surface area contributed by atoms with Crippen LogP contribution in [0.2, 0.25) is 0 Å². The Balaban J connectivity index is 2.25. The Bertz CT molecular complexity index is 526. The predicted molar refractivity (Wildman–Crippen MR) is 88.3 cm³/mol. The predicted octanol–water partition coefficient (Wildman–Crippen LogP) is 1.25. The maximum atomic E-state index is 11.7. The lowest BCUT2D eigenvalue weighted by atomic mass is 10.1. The van der Waals surface area contributed by atoms with E-state index in [0.29, 0.717) is 38.9 Å². The van der Waals surface area contributed by atoms with Gasteiger partial charge < -0.3 is 16.0 Å². The van der Waals surface area contributed by atoms with Gasteiger partial charge in [-0.25, -0.2) is 0 Å². The lowest BCUT2D eigenvalue weighted by Gasteiger charge is -2.07. The minimum Gasteiger partial charge on any atom is -0.356 e. The lowest BCUT2D eigenvalue weighted by Crippen LogP contribution is -2.25. The van der Waals surface area contributed by atoms with Gasteiger partial charge in [0, 0.05) is 39.4 Å². The van der Waals surface area contributed by atoms with Crippen molar-refractivity contribution >= 4 is 17.7 Å². The second-order valence-electron chi connectivity index (χ2n) is 5.31. The van der Waals surface area contributed by atoms with E-state index < -0.39 is 0 Å². The molecule has 0 saturated carbocycles. The molecule has 1 aromatic carbocycles. The number of nitrogens with one attached hydrogen (secondary N) is 3. The monoisotopic (exact) mass is 319 g/mol. The molecule has 0 atom stereocenters. The summed E-state index contributed by atoms with van der Waals surface area (Å²) in [6.45, 7) is 4.92. The first-order chi connectivity index (χ1) is 11.0. The molecule has 0 unspecified atom stereocenters. The molecular weight excluding hydrogens is 294 g/mol. The summed E-state index contributed by atoms with van der Waals surface area (Å²) in [6.07, 6.45) is 1.27. The summed E-state index contributed by atoms with van der Waals surface area (Å²) in [4.78, 5) is 33.8. The fourth-order valence-corrected chi connectivity index (χ4v) is 1.99. The molecule has 0 saturated heterocycles. The van der Waals surface area contributed by atoms with Gasteiger partial charge in [-0.1, -0.05) is 24.3 Å². The summed E-state index contributed by atoms with van der Waals surface area (Å²) < 4.78 is 0. The van der Waals surface area contributed by atoms with Gasteiger partial charge in [0.25, 0.3) is 0 Å². The first kappa shape index (κ1) is 18.7. The zero-order chi connectivity index (χ0) is 17.1. The van der Waals surface area contributed by atoms with Crippen LogP contribution in [0.25, 0.3) is 0 Å². The smallest absolute Gasteiger partial charge is 0.220 e. The Morgan fingerprint density at radius 2 is 1.30 bits per heavy atom. The van der Waals surface area contributed by atoms with Crippen molar-refractivity contribution in [3.05, 3.63) is 35.4 Å². The Morgan fingerprint density at radius 1 is 0.826 bits per heavy atom. The van der Waals surface area contributed by atoms with Gasteiger partial charge >= 0.3 is 0 Å². The van der Waals surface area contributed by atoms with Crippen LogP contribution >= 0.6 is 0 Å². The van der Waals surface area contributed by atoms with Crippen LogP contribution in [-0.2, 0) is 27.5 Å². The number of amides is 3. The fourth-order valence-electron chi connectivity index (χ4n) is 1.99. The summed E-state index contributed by atoms with van der Waals surface area (Å²) in [5.74, 6) is -0.138. The average molecular weight is 319 g/mol. The van der Waals surface area contributed by atoms with Crippen molar-refractivity contribution in [2.45, 2.75) is 46.2 Å². The molecule has 0 aromatic heterocycles. The summed E-state index contributed by atoms with van der Waals surface area (Å²) in [6, 6.07) is 7.69. The minimum absolute atomic E-state index is 0.0185. The standard InChI is InChI=1S/C17H25N3O3/c1-3-18-16(22)5-4-6-17(23)20-12-15-9-7-14(8-10-15)11-19-13(2)21/h7-10H,3-6,11-12H2,1-2H3,(H,18,22)(H,19,21)(H,20,23). The second kappa shape index (κ2) is 10.4. The first-order valence-corrected chi connectivity index (χ1v) is 7.87. The molecule has 0 aliphatic rings. The molecule has 6 nitrogen and oxygen atoms in total. The summed E-state index contributed by atoms with van der Waals surface area (Å²) in [7, 11) is 0. The van der Waals surface area contributed by atoms with Crippen LogP contribution in [0.5, 0.6) is 0 Å². The van der Waals surface area contributed by atoms with Crippen molar-refractivity contribution in [2.24, 2.45) is 0 Å². The van der Waals surface area contributed by atoms with Crippen molar-refractivity contribution in [2.75, 3.05) is 6.54 Å². The van der Waals surface area contributed by atoms with E-state index in [2.05, 4.69) is 16.0 Å². The summed E-state index contributed by atoms with van der Waals surface area (Å²) in [5, 5.41) is 8.27. The highest BCUT2D eigenvalue weighted by Crippen LogP contribution is 2.04. The molecule has 23 heavy (non-hydrogen) atoms. The highest BCUT2D eigenvalue weighted by molar-refractivity contribution is 5.78. The molecule has 6 heteroatoms. The van der Waals surface area contributed by atoms with Crippen molar-refractivity contribution in [1.82, 2.24) is 16.0 Å². The Morgan fingerprint density at radius 3 is 1.78 bits per heavy atom. The molecule has 1 rings (SSSR count). The highest BCUT2D eigenvalue weighted by Gasteiger charge is 2.04. The van der Waals surface area contributed by atoms with Crippen molar-refractivity contribution < 1.29 is 14.4 Å². The van der Waals surface area contributed by atoms with Crippen LogP contribution in [0, 0.1) is 0 Å². The number of benzene rings is 1. The molecule has 0 fully saturated rings. The van der Waals surface area contributed by atoms with Crippen molar-refractivity contribution in [3.63, 3.8) is 0 Å². The van der Waals surface area contributed by atoms with E-state index in [1.165, 1.54) is 6.92 Å². The van der Waals surface area contributed by atoms with E-state index in [1.807, 2.05) is 31.2 Å². The molecule has 3 amide bonds. The quantitative estimate of drug-likeness (QED) is 0.640. The third-order valence-corrected chi connectivity index (χ3v) is 3.24. The van der Waals surface area contributed by atoms with Crippen LogP contribution in [0.4, 0.5) is 0 Å². The normalized spacial score (nSPS) is 10.0. The van der Waals surface area contributed by atoms with E-state index in [-0.39, 0.29) is 17.7 Å². The van der Waals surface area contributed by atoms with Crippen LogP contribution in [0.15, 0.2) is 24.3 Å². The van der Waals surface area contributed by atoms with Gasteiger partial charge in [-0.2, -0.15) is 0 Å². The van der Waals surface area contributed by atoms with Crippen molar-refractivity contribution in [3.8, 4) is 0 Å². The van der Waals surface area contributed by atoms with Gasteiger partial charge in [0.15, 0.2) is 0 Å². The van der Waals surface area contributed by atoms with Gasteiger partial charge in [-0.15, -0.1) is 0 Å². The third kappa shape index (κ3) is 8.60. The summed E-state index contributed by atoms with van der Waals surface area (Å²) in [5.41, 5.74) is 2.01. The Kier molecular flexibility index (Phi) is 8.42. The number of rotatable bonds is 9. The van der Waals surface area contributed by atoms with E-state index in [1.54, 1.807) is 0 Å². The molecule has 126 valence electrons. The SMILES string of the molecule is CCNC(=O)CCCC(=O)NCc1ccc(CNC(C)=O)cc1. The summed E-state index contributed by atoms with van der Waals surface area (Å²) >= 11 is 0. The molecular formula is C17H25N3O3. The van der Waals surface area contributed by atoms with E-state index in [9.17, 15) is 14.4 Å². The largest absolute Gasteiger partial charge is 0.356 e. The second-order valence-corrected chi connectivity index (χ2v) is 5.31. The maximum Gasteiger partial charge on any atom is 0.220 e. The zero-order valence-electron chi connectivity index (χ0n) is 13.8. The number of hydrogen-bond acceptors (Lipinski definition) is 3. The van der Waals surface area contributed by atoms with Crippen molar-refractivity contribution in [1.29, 1.82) is 0 Å². The molecule has 0 radical (unpaired) electrons. The van der Waals surface area contributed by atoms with Gasteiger partial charge in [0.05, 0.1) is 0 Å². The van der Waals surface area contributed by atoms with Crippen LogP contribution in [0.1, 0.15) is 44.2 Å². The molecule has 0 aliphatic carbocycles. The molecule has 0 heterocycles. The number of hydrogen-bond donors (Lipinski definition) is 3. The first-order valence-electron chi connectivity index (χ1n) is 7.87. The third-order valence-electron chi connectivity index (χ3n) is 3.24. The molecule has 3 N–H and O–H groups in total.